The molecule has 0 aliphatic carbocycles. The molecule has 0 radical (unpaired) electrons. The van der Waals surface area contributed by atoms with E-state index >= 15 is 0 Å². The summed E-state index contributed by atoms with van der Waals surface area (Å²) < 4.78 is 7.98. The molecule has 0 saturated carbocycles. The van der Waals surface area contributed by atoms with Gasteiger partial charge in [0.05, 0.1) is 5.52 Å². The maximum Gasteiger partial charge on any atom is 0.189 e. The molecule has 0 spiro atoms. The monoisotopic (exact) mass is 279 g/mol. The number of ether oxygens (including phenoxy) is 1. The van der Waals surface area contributed by atoms with Crippen LogP contribution in [0.3, 0.4) is 0 Å². The summed E-state index contributed by atoms with van der Waals surface area (Å²) in [6.07, 6.45) is 1.82. The molecule has 0 bridgehead atoms. The molecule has 0 saturated heterocycles. The lowest BCUT2D eigenvalue weighted by Gasteiger charge is -2.13. The SMILES string of the molecule is CCn1ccc(=O)c2cccc(OCc3ccccc3)c21. The summed E-state index contributed by atoms with van der Waals surface area (Å²) in [6, 6.07) is 17.2. The van der Waals surface area contributed by atoms with E-state index in [1.165, 1.54) is 0 Å². The van der Waals surface area contributed by atoms with E-state index in [1.54, 1.807) is 6.07 Å². The van der Waals surface area contributed by atoms with Gasteiger partial charge in [0.2, 0.25) is 0 Å². The lowest BCUT2D eigenvalue weighted by molar-refractivity contribution is 0.308. The molecule has 3 nitrogen and oxygen atoms in total. The minimum absolute atomic E-state index is 0.0276. The Hall–Kier alpha value is -2.55. The number of rotatable bonds is 4. The van der Waals surface area contributed by atoms with Crippen LogP contribution in [0.2, 0.25) is 0 Å². The number of benzene rings is 2. The molecule has 3 aromatic rings. The van der Waals surface area contributed by atoms with E-state index in [1.807, 2.05) is 59.3 Å². The normalized spacial score (nSPS) is 10.7. The zero-order chi connectivity index (χ0) is 14.7. The van der Waals surface area contributed by atoms with E-state index in [2.05, 4.69) is 6.92 Å². The summed E-state index contributed by atoms with van der Waals surface area (Å²) in [5, 5.41) is 0.699. The second-order valence-electron chi connectivity index (χ2n) is 4.89. The van der Waals surface area contributed by atoms with Crippen LogP contribution in [0.5, 0.6) is 5.75 Å². The Kier molecular flexibility index (Phi) is 3.73. The van der Waals surface area contributed by atoms with Crippen molar-refractivity contribution < 1.29 is 4.74 Å². The Morgan fingerprint density at radius 2 is 1.81 bits per heavy atom. The molecule has 1 aromatic heterocycles. The average molecular weight is 279 g/mol. The van der Waals surface area contributed by atoms with Crippen LogP contribution in [-0.4, -0.2) is 4.57 Å². The molecular formula is C18H17NO2. The van der Waals surface area contributed by atoms with Crippen LogP contribution in [-0.2, 0) is 13.2 Å². The molecule has 0 aliphatic heterocycles. The van der Waals surface area contributed by atoms with Crippen LogP contribution in [0.25, 0.3) is 10.9 Å². The fraction of sp³-hybridized carbons (Fsp3) is 0.167. The van der Waals surface area contributed by atoms with Gasteiger partial charge in [0.1, 0.15) is 12.4 Å². The van der Waals surface area contributed by atoms with Gasteiger partial charge in [0, 0.05) is 24.2 Å². The van der Waals surface area contributed by atoms with Gasteiger partial charge in [-0.2, -0.15) is 0 Å². The average Bonchev–Trinajstić information content (AvgIpc) is 2.54. The summed E-state index contributed by atoms with van der Waals surface area (Å²) in [5.74, 6) is 0.746. The summed E-state index contributed by atoms with van der Waals surface area (Å²) in [6.45, 7) is 3.34. The Balaban J connectivity index is 2.02. The molecule has 3 heteroatoms. The van der Waals surface area contributed by atoms with E-state index in [4.69, 9.17) is 4.74 Å². The third-order valence-electron chi connectivity index (χ3n) is 3.54. The number of aryl methyl sites for hydroxylation is 1. The highest BCUT2D eigenvalue weighted by Crippen LogP contribution is 2.24. The molecule has 106 valence electrons. The Bertz CT molecular complexity index is 806. The van der Waals surface area contributed by atoms with Crippen LogP contribution >= 0.6 is 0 Å². The second kappa shape index (κ2) is 5.83. The molecule has 3 rings (SSSR count). The van der Waals surface area contributed by atoms with Crippen molar-refractivity contribution in [1.82, 2.24) is 4.57 Å². The van der Waals surface area contributed by atoms with Gasteiger partial charge in [-0.25, -0.2) is 0 Å². The highest BCUT2D eigenvalue weighted by Gasteiger charge is 2.08. The van der Waals surface area contributed by atoms with Crippen LogP contribution in [0.15, 0.2) is 65.6 Å². The van der Waals surface area contributed by atoms with Gasteiger partial charge in [-0.05, 0) is 24.6 Å². The van der Waals surface area contributed by atoms with Gasteiger partial charge in [0.25, 0.3) is 0 Å². The fourth-order valence-electron chi connectivity index (χ4n) is 2.45. The van der Waals surface area contributed by atoms with E-state index in [0.29, 0.717) is 12.0 Å². The summed E-state index contributed by atoms with van der Waals surface area (Å²) in [7, 11) is 0. The molecule has 0 unspecified atom stereocenters. The van der Waals surface area contributed by atoms with E-state index < -0.39 is 0 Å². The quantitative estimate of drug-likeness (QED) is 0.730. The van der Waals surface area contributed by atoms with Crippen molar-refractivity contribution in [2.45, 2.75) is 20.1 Å². The van der Waals surface area contributed by atoms with Gasteiger partial charge in [-0.3, -0.25) is 4.79 Å². The highest BCUT2D eigenvalue weighted by atomic mass is 16.5. The zero-order valence-corrected chi connectivity index (χ0v) is 12.0. The van der Waals surface area contributed by atoms with Crippen LogP contribution in [0.1, 0.15) is 12.5 Å². The van der Waals surface area contributed by atoms with Crippen LogP contribution < -0.4 is 10.2 Å². The topological polar surface area (TPSA) is 31.2 Å². The first-order chi connectivity index (χ1) is 10.3. The molecule has 0 amide bonds. The van der Waals surface area contributed by atoms with Crippen LogP contribution in [0.4, 0.5) is 0 Å². The first kappa shape index (κ1) is 13.4. The van der Waals surface area contributed by atoms with Crippen molar-refractivity contribution in [1.29, 1.82) is 0 Å². The molecule has 0 aliphatic rings. The Morgan fingerprint density at radius 1 is 1.00 bits per heavy atom. The third kappa shape index (κ3) is 2.68. The van der Waals surface area contributed by atoms with Crippen molar-refractivity contribution in [3.05, 3.63) is 76.6 Å². The number of hydrogen-bond donors (Lipinski definition) is 0. The maximum absolute atomic E-state index is 12.0. The lowest BCUT2D eigenvalue weighted by atomic mass is 10.2. The highest BCUT2D eigenvalue weighted by molar-refractivity contribution is 5.84. The van der Waals surface area contributed by atoms with Gasteiger partial charge in [-0.1, -0.05) is 36.4 Å². The number of fused-ring (bicyclic) bond motifs is 1. The smallest absolute Gasteiger partial charge is 0.189 e. The van der Waals surface area contributed by atoms with Crippen molar-refractivity contribution in [2.24, 2.45) is 0 Å². The van der Waals surface area contributed by atoms with Gasteiger partial charge in [-0.15, -0.1) is 0 Å². The molecule has 0 fully saturated rings. The van der Waals surface area contributed by atoms with Crippen molar-refractivity contribution in [2.75, 3.05) is 0 Å². The van der Waals surface area contributed by atoms with Crippen molar-refractivity contribution in [3.63, 3.8) is 0 Å². The number of pyridine rings is 1. The van der Waals surface area contributed by atoms with Crippen LogP contribution in [0, 0.1) is 0 Å². The first-order valence-electron chi connectivity index (χ1n) is 7.08. The largest absolute Gasteiger partial charge is 0.487 e. The fourth-order valence-corrected chi connectivity index (χ4v) is 2.45. The molecule has 0 N–H and O–H groups in total. The molecule has 1 heterocycles. The van der Waals surface area contributed by atoms with Crippen molar-refractivity contribution >= 4 is 10.9 Å². The zero-order valence-electron chi connectivity index (χ0n) is 12.0. The molecule has 0 atom stereocenters. The number of para-hydroxylation sites is 1. The van der Waals surface area contributed by atoms with Gasteiger partial charge in [0.15, 0.2) is 5.43 Å². The molecule has 21 heavy (non-hydrogen) atoms. The maximum atomic E-state index is 12.0. The third-order valence-corrected chi connectivity index (χ3v) is 3.54. The summed E-state index contributed by atoms with van der Waals surface area (Å²) in [4.78, 5) is 12.0. The van der Waals surface area contributed by atoms with E-state index in [-0.39, 0.29) is 5.43 Å². The van der Waals surface area contributed by atoms with Gasteiger partial charge >= 0.3 is 0 Å². The number of nitrogens with zero attached hydrogens (tertiary/aromatic N) is 1. The lowest BCUT2D eigenvalue weighted by Crippen LogP contribution is -2.08. The van der Waals surface area contributed by atoms with Crippen molar-refractivity contribution in [3.8, 4) is 5.75 Å². The predicted octanol–water partition coefficient (Wildman–Crippen LogP) is 3.60. The minimum atomic E-state index is 0.0276. The summed E-state index contributed by atoms with van der Waals surface area (Å²) >= 11 is 0. The number of hydrogen-bond acceptors (Lipinski definition) is 2. The van der Waals surface area contributed by atoms with E-state index in [9.17, 15) is 4.79 Å². The Morgan fingerprint density at radius 3 is 2.57 bits per heavy atom. The Labute approximate surface area is 123 Å². The molecular weight excluding hydrogens is 262 g/mol. The number of aromatic nitrogens is 1. The standard InChI is InChI=1S/C18H17NO2/c1-2-19-12-11-16(20)15-9-6-10-17(18(15)19)21-13-14-7-4-3-5-8-14/h3-12H,2,13H2,1H3. The molecule has 2 aromatic carbocycles. The first-order valence-corrected chi connectivity index (χ1v) is 7.08. The second-order valence-corrected chi connectivity index (χ2v) is 4.89. The summed E-state index contributed by atoms with van der Waals surface area (Å²) in [5.41, 5.74) is 2.00. The predicted molar refractivity (Wildman–Crippen MR) is 84.7 cm³/mol. The van der Waals surface area contributed by atoms with E-state index in [0.717, 1.165) is 23.4 Å². The van der Waals surface area contributed by atoms with Gasteiger partial charge < -0.3 is 9.30 Å². The minimum Gasteiger partial charge on any atom is -0.487 e.